The van der Waals surface area contributed by atoms with Gasteiger partial charge in [-0.25, -0.2) is 4.98 Å². The van der Waals surface area contributed by atoms with Crippen molar-refractivity contribution < 1.29 is 4.79 Å². The highest BCUT2D eigenvalue weighted by Crippen LogP contribution is 2.17. The topological polar surface area (TPSA) is 54.0 Å². The van der Waals surface area contributed by atoms with Gasteiger partial charge >= 0.3 is 0 Å². The van der Waals surface area contributed by atoms with Crippen LogP contribution in [-0.2, 0) is 11.2 Å². The predicted molar refractivity (Wildman–Crippen MR) is 64.4 cm³/mol. The summed E-state index contributed by atoms with van der Waals surface area (Å²) in [5.74, 6) is 0.282. The molecule has 0 aliphatic carbocycles. The summed E-state index contributed by atoms with van der Waals surface area (Å²) in [6.07, 6.45) is 0.956. The first-order valence-electron chi connectivity index (χ1n) is 5.66. The number of carbonyl (C=O) groups excluding carboxylic acids is 1. The normalized spacial score (nSPS) is 17.9. The molecule has 0 aromatic carbocycles. The van der Waals surface area contributed by atoms with Crippen LogP contribution in [0.1, 0.15) is 30.6 Å². The Balaban J connectivity index is 1.91. The van der Waals surface area contributed by atoms with E-state index in [0.717, 1.165) is 30.2 Å². The van der Waals surface area contributed by atoms with Crippen LogP contribution in [0.25, 0.3) is 0 Å². The summed E-state index contributed by atoms with van der Waals surface area (Å²) < 4.78 is 0. The number of aromatic nitrogens is 1. The van der Waals surface area contributed by atoms with E-state index in [0.29, 0.717) is 0 Å². The predicted octanol–water partition coefficient (Wildman–Crippen LogP) is 1.10. The summed E-state index contributed by atoms with van der Waals surface area (Å²) >= 11 is 1.66. The number of nitrogens with one attached hydrogen (secondary N) is 2. The Hall–Kier alpha value is -0.940. The Bertz CT molecular complexity index is 373. The van der Waals surface area contributed by atoms with Crippen molar-refractivity contribution in [3.63, 3.8) is 0 Å². The van der Waals surface area contributed by atoms with Crippen molar-refractivity contribution in [2.24, 2.45) is 5.92 Å². The van der Waals surface area contributed by atoms with Crippen LogP contribution in [0.5, 0.6) is 0 Å². The highest BCUT2D eigenvalue weighted by atomic mass is 32.1. The number of thiazole rings is 1. The van der Waals surface area contributed by atoms with Gasteiger partial charge in [-0.1, -0.05) is 6.92 Å². The lowest BCUT2D eigenvalue weighted by Crippen LogP contribution is -2.51. The number of nitrogens with zero attached hydrogens (tertiary/aromatic N) is 1. The molecule has 1 aromatic heterocycles. The SMILES string of the molecule is CCc1nc(C(C)NC(=O)C2CNC2)cs1. The van der Waals surface area contributed by atoms with E-state index in [1.807, 2.05) is 12.3 Å². The molecule has 1 fully saturated rings. The number of hydrogen-bond acceptors (Lipinski definition) is 4. The molecule has 88 valence electrons. The number of rotatable bonds is 4. The lowest BCUT2D eigenvalue weighted by Gasteiger charge is -2.27. The third-order valence-corrected chi connectivity index (χ3v) is 3.84. The molecular formula is C11H17N3OS. The lowest BCUT2D eigenvalue weighted by atomic mass is 10.0. The molecule has 2 N–H and O–H groups in total. The van der Waals surface area contributed by atoms with Gasteiger partial charge in [-0.3, -0.25) is 4.79 Å². The number of amides is 1. The maximum Gasteiger partial charge on any atom is 0.226 e. The molecule has 4 nitrogen and oxygen atoms in total. The minimum Gasteiger partial charge on any atom is -0.348 e. The molecule has 1 aromatic rings. The van der Waals surface area contributed by atoms with Gasteiger partial charge in [0.25, 0.3) is 0 Å². The first-order valence-corrected chi connectivity index (χ1v) is 6.54. The highest BCUT2D eigenvalue weighted by Gasteiger charge is 2.26. The Morgan fingerprint density at radius 1 is 1.75 bits per heavy atom. The second-order valence-electron chi connectivity index (χ2n) is 4.11. The van der Waals surface area contributed by atoms with E-state index in [9.17, 15) is 4.79 Å². The van der Waals surface area contributed by atoms with Gasteiger partial charge in [-0.05, 0) is 13.3 Å². The fourth-order valence-corrected chi connectivity index (χ4v) is 2.40. The van der Waals surface area contributed by atoms with E-state index in [2.05, 4.69) is 22.5 Å². The van der Waals surface area contributed by atoms with Gasteiger partial charge in [0, 0.05) is 18.5 Å². The Morgan fingerprint density at radius 2 is 2.50 bits per heavy atom. The first kappa shape index (κ1) is 11.5. The molecule has 0 saturated carbocycles. The summed E-state index contributed by atoms with van der Waals surface area (Å²) in [6.45, 7) is 5.68. The second-order valence-corrected chi connectivity index (χ2v) is 5.05. The number of hydrogen-bond donors (Lipinski definition) is 2. The summed E-state index contributed by atoms with van der Waals surface area (Å²) in [7, 11) is 0. The summed E-state index contributed by atoms with van der Waals surface area (Å²) in [6, 6.07) is 0.0182. The number of carbonyl (C=O) groups is 1. The van der Waals surface area contributed by atoms with Crippen LogP contribution in [0.4, 0.5) is 0 Å². The zero-order valence-corrected chi connectivity index (χ0v) is 10.4. The average Bonchev–Trinajstić information content (AvgIpc) is 2.62. The van der Waals surface area contributed by atoms with Crippen molar-refractivity contribution in [1.82, 2.24) is 15.6 Å². The molecule has 1 aliphatic heterocycles. The second kappa shape index (κ2) is 4.93. The van der Waals surface area contributed by atoms with E-state index in [1.165, 1.54) is 0 Å². The van der Waals surface area contributed by atoms with Crippen LogP contribution in [0.2, 0.25) is 0 Å². The van der Waals surface area contributed by atoms with E-state index in [4.69, 9.17) is 0 Å². The van der Waals surface area contributed by atoms with E-state index in [1.54, 1.807) is 11.3 Å². The van der Waals surface area contributed by atoms with Crippen LogP contribution < -0.4 is 10.6 Å². The van der Waals surface area contributed by atoms with Crippen LogP contribution in [0, 0.1) is 5.92 Å². The Kier molecular flexibility index (Phi) is 3.56. The lowest BCUT2D eigenvalue weighted by molar-refractivity contribution is -0.127. The largest absolute Gasteiger partial charge is 0.348 e. The zero-order chi connectivity index (χ0) is 11.5. The molecule has 1 amide bonds. The minimum atomic E-state index is 0.0182. The third kappa shape index (κ3) is 2.41. The van der Waals surface area contributed by atoms with Crippen molar-refractivity contribution in [2.45, 2.75) is 26.3 Å². The molecule has 16 heavy (non-hydrogen) atoms. The maximum atomic E-state index is 11.7. The monoisotopic (exact) mass is 239 g/mol. The number of aryl methyl sites for hydroxylation is 1. The van der Waals surface area contributed by atoms with Crippen LogP contribution in [0.15, 0.2) is 5.38 Å². The van der Waals surface area contributed by atoms with E-state index in [-0.39, 0.29) is 17.9 Å². The summed E-state index contributed by atoms with van der Waals surface area (Å²) in [5.41, 5.74) is 0.975. The van der Waals surface area contributed by atoms with Gasteiger partial charge in [0.1, 0.15) is 0 Å². The first-order chi connectivity index (χ1) is 7.70. The molecule has 0 radical (unpaired) electrons. The van der Waals surface area contributed by atoms with Crippen molar-refractivity contribution in [1.29, 1.82) is 0 Å². The molecular weight excluding hydrogens is 222 g/mol. The molecule has 1 atom stereocenters. The maximum absolute atomic E-state index is 11.7. The fourth-order valence-electron chi connectivity index (χ4n) is 1.57. The van der Waals surface area contributed by atoms with Crippen LogP contribution >= 0.6 is 11.3 Å². The third-order valence-electron chi connectivity index (χ3n) is 2.83. The zero-order valence-electron chi connectivity index (χ0n) is 9.62. The van der Waals surface area contributed by atoms with Gasteiger partial charge < -0.3 is 10.6 Å². The van der Waals surface area contributed by atoms with Crippen LogP contribution in [0.3, 0.4) is 0 Å². The van der Waals surface area contributed by atoms with Crippen molar-refractivity contribution >= 4 is 17.2 Å². The van der Waals surface area contributed by atoms with Gasteiger partial charge in [-0.2, -0.15) is 0 Å². The summed E-state index contributed by atoms with van der Waals surface area (Å²) in [4.78, 5) is 16.2. The minimum absolute atomic E-state index is 0.0182. The molecule has 5 heteroatoms. The molecule has 1 saturated heterocycles. The molecule has 0 bridgehead atoms. The van der Waals surface area contributed by atoms with Crippen LogP contribution in [-0.4, -0.2) is 24.0 Å². The quantitative estimate of drug-likeness (QED) is 0.827. The van der Waals surface area contributed by atoms with Gasteiger partial charge in [0.15, 0.2) is 0 Å². The van der Waals surface area contributed by atoms with Crippen molar-refractivity contribution in [3.8, 4) is 0 Å². The van der Waals surface area contributed by atoms with E-state index < -0.39 is 0 Å². The molecule has 2 heterocycles. The van der Waals surface area contributed by atoms with Crippen molar-refractivity contribution in [3.05, 3.63) is 16.1 Å². The standard InChI is InChI=1S/C11H17N3OS/c1-3-10-14-9(6-16-10)7(2)13-11(15)8-4-12-5-8/h6-8,12H,3-5H2,1-2H3,(H,13,15). The average molecular weight is 239 g/mol. The Morgan fingerprint density at radius 3 is 3.00 bits per heavy atom. The fraction of sp³-hybridized carbons (Fsp3) is 0.636. The molecule has 1 aliphatic rings. The Labute approximate surface area is 99.5 Å². The van der Waals surface area contributed by atoms with E-state index >= 15 is 0 Å². The summed E-state index contributed by atoms with van der Waals surface area (Å²) in [5, 5.41) is 9.25. The highest BCUT2D eigenvalue weighted by molar-refractivity contribution is 7.09. The molecule has 2 rings (SSSR count). The molecule has 0 spiro atoms. The smallest absolute Gasteiger partial charge is 0.226 e. The molecule has 1 unspecified atom stereocenters. The van der Waals surface area contributed by atoms with Gasteiger partial charge in [0.2, 0.25) is 5.91 Å². The van der Waals surface area contributed by atoms with Gasteiger partial charge in [-0.15, -0.1) is 11.3 Å². The van der Waals surface area contributed by atoms with Crippen molar-refractivity contribution in [2.75, 3.05) is 13.1 Å². The van der Waals surface area contributed by atoms with Gasteiger partial charge in [0.05, 0.1) is 22.7 Å².